The maximum Gasteiger partial charge on any atom is 0.180 e. The molecule has 1 aromatic rings. The molecule has 1 aliphatic rings. The summed E-state index contributed by atoms with van der Waals surface area (Å²) >= 11 is 1.57. The third-order valence-corrected chi connectivity index (χ3v) is 4.76. The van der Waals surface area contributed by atoms with E-state index in [2.05, 4.69) is 16.8 Å². The zero-order chi connectivity index (χ0) is 12.3. The minimum absolute atomic E-state index is 0.170. The van der Waals surface area contributed by atoms with E-state index >= 15 is 0 Å². The lowest BCUT2D eigenvalue weighted by molar-refractivity contribution is 0.0385. The number of nitrogens with two attached hydrogens (primary N) is 1. The van der Waals surface area contributed by atoms with Crippen LogP contribution in [-0.2, 0) is 6.54 Å². The van der Waals surface area contributed by atoms with Crippen molar-refractivity contribution in [2.45, 2.75) is 32.7 Å². The quantitative estimate of drug-likeness (QED) is 0.860. The second-order valence-electron chi connectivity index (χ2n) is 4.95. The van der Waals surface area contributed by atoms with E-state index in [4.69, 9.17) is 5.73 Å². The molecule has 1 saturated heterocycles. The molecule has 2 heterocycles. The van der Waals surface area contributed by atoms with E-state index in [0.29, 0.717) is 11.7 Å². The van der Waals surface area contributed by atoms with Crippen LogP contribution >= 0.6 is 11.3 Å². The third kappa shape index (κ3) is 2.97. The Hall–Kier alpha value is -0.650. The predicted molar refractivity (Wildman–Crippen MR) is 70.8 cm³/mol. The summed E-state index contributed by atoms with van der Waals surface area (Å²) in [6.07, 6.45) is 5.13. The highest BCUT2D eigenvalue weighted by molar-refractivity contribution is 7.15. The molecule has 0 atom stereocenters. The Labute approximate surface area is 106 Å². The number of rotatable bonds is 4. The summed E-state index contributed by atoms with van der Waals surface area (Å²) in [6.45, 7) is 5.57. The fraction of sp³-hybridized carbons (Fsp3) is 0.750. The van der Waals surface area contributed by atoms with E-state index in [0.717, 1.165) is 38.9 Å². The van der Waals surface area contributed by atoms with Gasteiger partial charge < -0.3 is 10.8 Å². The Morgan fingerprint density at radius 2 is 2.24 bits per heavy atom. The summed E-state index contributed by atoms with van der Waals surface area (Å²) in [5.41, 5.74) is 5.80. The maximum absolute atomic E-state index is 9.48. The van der Waals surface area contributed by atoms with Crippen molar-refractivity contribution in [1.29, 1.82) is 0 Å². The van der Waals surface area contributed by atoms with Gasteiger partial charge in [0.05, 0.1) is 0 Å². The Morgan fingerprint density at radius 1 is 1.53 bits per heavy atom. The highest BCUT2D eigenvalue weighted by Gasteiger charge is 2.32. The number of nitrogens with zero attached hydrogens (tertiary/aromatic N) is 2. The van der Waals surface area contributed by atoms with Gasteiger partial charge in [0.25, 0.3) is 0 Å². The molecule has 96 valence electrons. The van der Waals surface area contributed by atoms with Gasteiger partial charge in [-0.2, -0.15) is 0 Å². The highest BCUT2D eigenvalue weighted by Crippen LogP contribution is 2.34. The number of piperidine rings is 1. The third-order valence-electron chi connectivity index (χ3n) is 3.95. The number of aromatic nitrogens is 1. The molecule has 17 heavy (non-hydrogen) atoms. The first-order valence-electron chi connectivity index (χ1n) is 6.21. The van der Waals surface area contributed by atoms with E-state index in [9.17, 15) is 5.11 Å². The van der Waals surface area contributed by atoms with Gasteiger partial charge in [-0.15, -0.1) is 11.3 Å². The monoisotopic (exact) mass is 255 g/mol. The molecule has 0 bridgehead atoms. The van der Waals surface area contributed by atoms with E-state index in [1.165, 1.54) is 4.88 Å². The smallest absolute Gasteiger partial charge is 0.180 e. The average Bonchev–Trinajstić information content (AvgIpc) is 2.76. The van der Waals surface area contributed by atoms with Gasteiger partial charge in [-0.25, -0.2) is 4.98 Å². The van der Waals surface area contributed by atoms with Crippen LogP contribution in [0.2, 0.25) is 0 Å². The van der Waals surface area contributed by atoms with Gasteiger partial charge in [-0.1, -0.05) is 6.92 Å². The van der Waals surface area contributed by atoms with Gasteiger partial charge >= 0.3 is 0 Å². The molecule has 0 radical (unpaired) electrons. The number of likely N-dealkylation sites (tertiary alicyclic amines) is 1. The molecule has 3 N–H and O–H groups in total. The molecular formula is C12H21N3OS. The second kappa shape index (κ2) is 5.33. The van der Waals surface area contributed by atoms with Crippen molar-refractivity contribution in [3.8, 4) is 0 Å². The first-order chi connectivity index (χ1) is 8.17. The van der Waals surface area contributed by atoms with Crippen LogP contribution in [0.5, 0.6) is 0 Å². The van der Waals surface area contributed by atoms with E-state index in [1.54, 1.807) is 11.3 Å². The minimum Gasteiger partial charge on any atom is -0.396 e. The van der Waals surface area contributed by atoms with Crippen LogP contribution in [0.4, 0.5) is 5.13 Å². The lowest BCUT2D eigenvalue weighted by atomic mass is 9.77. The molecular weight excluding hydrogens is 234 g/mol. The molecule has 0 saturated carbocycles. The fourth-order valence-corrected chi connectivity index (χ4v) is 3.15. The van der Waals surface area contributed by atoms with Gasteiger partial charge in [-0.3, -0.25) is 4.90 Å². The standard InChI is InChI=1S/C12H21N3OS/c1-2-12(9-16)3-5-15(6-4-12)8-10-7-14-11(13)17-10/h7,16H,2-6,8-9H2,1H3,(H2,13,14). The van der Waals surface area contributed by atoms with Crippen LogP contribution in [0.3, 0.4) is 0 Å². The molecule has 1 fully saturated rings. The van der Waals surface area contributed by atoms with Gasteiger partial charge in [0.2, 0.25) is 0 Å². The van der Waals surface area contributed by atoms with Crippen molar-refractivity contribution in [3.05, 3.63) is 11.1 Å². The van der Waals surface area contributed by atoms with Gasteiger partial charge in [0.1, 0.15) is 0 Å². The second-order valence-corrected chi connectivity index (χ2v) is 6.10. The van der Waals surface area contributed by atoms with E-state index in [1.807, 2.05) is 6.20 Å². The van der Waals surface area contributed by atoms with Gasteiger partial charge in [0.15, 0.2) is 5.13 Å². The number of nitrogen functional groups attached to an aromatic ring is 1. The Balaban J connectivity index is 1.87. The number of hydrogen-bond donors (Lipinski definition) is 2. The number of hydrogen-bond acceptors (Lipinski definition) is 5. The lowest BCUT2D eigenvalue weighted by Gasteiger charge is -2.40. The molecule has 0 spiro atoms. The minimum atomic E-state index is 0.170. The van der Waals surface area contributed by atoms with Crippen LogP contribution in [-0.4, -0.2) is 34.7 Å². The number of aliphatic hydroxyl groups is 1. The summed E-state index contributed by atoms with van der Waals surface area (Å²) in [6, 6.07) is 0. The number of aliphatic hydroxyl groups excluding tert-OH is 1. The van der Waals surface area contributed by atoms with Crippen molar-refractivity contribution in [3.63, 3.8) is 0 Å². The molecule has 5 heteroatoms. The molecule has 2 rings (SSSR count). The molecule has 0 amide bonds. The van der Waals surface area contributed by atoms with Crippen molar-refractivity contribution < 1.29 is 5.11 Å². The first kappa shape index (κ1) is 12.8. The molecule has 4 nitrogen and oxygen atoms in total. The average molecular weight is 255 g/mol. The van der Waals surface area contributed by atoms with Crippen LogP contribution in [0.25, 0.3) is 0 Å². The van der Waals surface area contributed by atoms with Crippen LogP contribution < -0.4 is 5.73 Å². The van der Waals surface area contributed by atoms with E-state index in [-0.39, 0.29) is 5.41 Å². The Kier molecular flexibility index (Phi) is 4.01. The predicted octanol–water partition coefficient (Wildman–Crippen LogP) is 1.71. The summed E-state index contributed by atoms with van der Waals surface area (Å²) in [7, 11) is 0. The van der Waals surface area contributed by atoms with Crippen LogP contribution in [0, 0.1) is 5.41 Å². The zero-order valence-corrected chi connectivity index (χ0v) is 11.2. The Bertz CT molecular complexity index is 352. The van der Waals surface area contributed by atoms with Crippen molar-refractivity contribution in [1.82, 2.24) is 9.88 Å². The van der Waals surface area contributed by atoms with Crippen molar-refractivity contribution in [2.75, 3.05) is 25.4 Å². The zero-order valence-electron chi connectivity index (χ0n) is 10.4. The first-order valence-corrected chi connectivity index (χ1v) is 7.02. The van der Waals surface area contributed by atoms with Crippen molar-refractivity contribution in [2.24, 2.45) is 5.41 Å². The normalized spacial score (nSPS) is 20.6. The number of thiazole rings is 1. The lowest BCUT2D eigenvalue weighted by Crippen LogP contribution is -2.41. The SMILES string of the molecule is CCC1(CO)CCN(Cc2cnc(N)s2)CC1. The maximum atomic E-state index is 9.48. The summed E-state index contributed by atoms with van der Waals surface area (Å²) < 4.78 is 0. The Morgan fingerprint density at radius 3 is 2.71 bits per heavy atom. The molecule has 1 aliphatic heterocycles. The topological polar surface area (TPSA) is 62.4 Å². The summed E-state index contributed by atoms with van der Waals surface area (Å²) in [5.74, 6) is 0. The molecule has 0 aliphatic carbocycles. The van der Waals surface area contributed by atoms with E-state index < -0.39 is 0 Å². The summed E-state index contributed by atoms with van der Waals surface area (Å²) in [4.78, 5) is 7.73. The van der Waals surface area contributed by atoms with Crippen molar-refractivity contribution >= 4 is 16.5 Å². The number of anilines is 1. The van der Waals surface area contributed by atoms with Crippen LogP contribution in [0.1, 0.15) is 31.1 Å². The molecule has 1 aromatic heterocycles. The largest absolute Gasteiger partial charge is 0.396 e. The van der Waals surface area contributed by atoms with Crippen LogP contribution in [0.15, 0.2) is 6.20 Å². The summed E-state index contributed by atoms with van der Waals surface area (Å²) in [5, 5.41) is 10.1. The molecule has 0 unspecified atom stereocenters. The highest BCUT2D eigenvalue weighted by atomic mass is 32.1. The molecule has 0 aromatic carbocycles. The van der Waals surface area contributed by atoms with Gasteiger partial charge in [-0.05, 0) is 37.8 Å². The fourth-order valence-electron chi connectivity index (χ4n) is 2.43. The van der Waals surface area contributed by atoms with Gasteiger partial charge in [0, 0.05) is 24.2 Å².